The van der Waals surface area contributed by atoms with Gasteiger partial charge in [0.25, 0.3) is 0 Å². The van der Waals surface area contributed by atoms with Crippen LogP contribution in [0.4, 0.5) is 0 Å². The van der Waals surface area contributed by atoms with Crippen molar-refractivity contribution >= 4 is 11.8 Å². The molecule has 5 nitrogen and oxygen atoms in total. The van der Waals surface area contributed by atoms with Gasteiger partial charge in [0.05, 0.1) is 6.10 Å². The Hall–Kier alpha value is -1.10. The summed E-state index contributed by atoms with van der Waals surface area (Å²) in [7, 11) is 0. The van der Waals surface area contributed by atoms with E-state index < -0.39 is 6.04 Å². The number of ether oxygens (including phenoxy) is 1. The highest BCUT2D eigenvalue weighted by atomic mass is 16.5. The van der Waals surface area contributed by atoms with Crippen LogP contribution in [0.5, 0.6) is 0 Å². The molecule has 0 bridgehead atoms. The minimum Gasteiger partial charge on any atom is -0.378 e. The Morgan fingerprint density at radius 2 is 2.22 bits per heavy atom. The smallest absolute Gasteiger partial charge is 0.245 e. The molecule has 0 aromatic rings. The third-order valence-electron chi connectivity index (χ3n) is 3.79. The standard InChI is InChI=1S/C13H22N2O3/c1-3-11-12(16)14-9(2)13(17)15(11)7-6-10-5-4-8-18-10/h9-11H,3-8H2,1-2H3,(H,14,16). The quantitative estimate of drug-likeness (QED) is 0.802. The van der Waals surface area contributed by atoms with Gasteiger partial charge in [0.15, 0.2) is 0 Å². The number of hydrogen-bond donors (Lipinski definition) is 1. The Morgan fingerprint density at radius 3 is 2.83 bits per heavy atom. The Morgan fingerprint density at radius 1 is 1.44 bits per heavy atom. The summed E-state index contributed by atoms with van der Waals surface area (Å²) < 4.78 is 5.56. The van der Waals surface area contributed by atoms with Crippen molar-refractivity contribution in [2.24, 2.45) is 0 Å². The molecule has 2 amide bonds. The minimum absolute atomic E-state index is 0.0273. The van der Waals surface area contributed by atoms with Gasteiger partial charge in [0.1, 0.15) is 12.1 Å². The number of hydrogen-bond acceptors (Lipinski definition) is 3. The summed E-state index contributed by atoms with van der Waals surface area (Å²) in [5.41, 5.74) is 0. The second-order valence-electron chi connectivity index (χ2n) is 5.11. The molecule has 2 aliphatic heterocycles. The second kappa shape index (κ2) is 5.69. The van der Waals surface area contributed by atoms with Crippen LogP contribution in [0.15, 0.2) is 0 Å². The second-order valence-corrected chi connectivity index (χ2v) is 5.11. The third kappa shape index (κ3) is 2.66. The van der Waals surface area contributed by atoms with E-state index in [-0.39, 0.29) is 24.0 Å². The highest BCUT2D eigenvalue weighted by Gasteiger charge is 2.37. The zero-order valence-electron chi connectivity index (χ0n) is 11.1. The van der Waals surface area contributed by atoms with E-state index in [9.17, 15) is 9.59 Å². The Kier molecular flexibility index (Phi) is 4.22. The fourth-order valence-corrected chi connectivity index (χ4v) is 2.74. The first kappa shape index (κ1) is 13.3. The van der Waals surface area contributed by atoms with Crippen LogP contribution < -0.4 is 5.32 Å². The van der Waals surface area contributed by atoms with Crippen LogP contribution in [-0.4, -0.2) is 48.1 Å². The summed E-state index contributed by atoms with van der Waals surface area (Å²) in [5.74, 6) is -0.00335. The van der Waals surface area contributed by atoms with Gasteiger partial charge in [-0.05, 0) is 32.6 Å². The van der Waals surface area contributed by atoms with E-state index in [2.05, 4.69) is 5.32 Å². The van der Waals surface area contributed by atoms with Gasteiger partial charge in [-0.2, -0.15) is 0 Å². The maximum absolute atomic E-state index is 12.1. The van der Waals surface area contributed by atoms with Crippen LogP contribution in [0.2, 0.25) is 0 Å². The molecule has 102 valence electrons. The first-order valence-corrected chi connectivity index (χ1v) is 6.86. The van der Waals surface area contributed by atoms with Gasteiger partial charge in [-0.3, -0.25) is 9.59 Å². The number of rotatable bonds is 4. The summed E-state index contributed by atoms with van der Waals surface area (Å²) >= 11 is 0. The first-order chi connectivity index (χ1) is 8.63. The average molecular weight is 254 g/mol. The largest absolute Gasteiger partial charge is 0.378 e. The zero-order chi connectivity index (χ0) is 13.1. The van der Waals surface area contributed by atoms with E-state index in [0.29, 0.717) is 13.0 Å². The molecule has 0 aliphatic carbocycles. The Balaban J connectivity index is 1.96. The van der Waals surface area contributed by atoms with Gasteiger partial charge in [0.2, 0.25) is 11.8 Å². The lowest BCUT2D eigenvalue weighted by atomic mass is 10.0. The molecule has 0 saturated carbocycles. The van der Waals surface area contributed by atoms with Gasteiger partial charge in [-0.15, -0.1) is 0 Å². The van der Waals surface area contributed by atoms with Crippen LogP contribution in [0.3, 0.4) is 0 Å². The lowest BCUT2D eigenvalue weighted by molar-refractivity contribution is -0.149. The van der Waals surface area contributed by atoms with E-state index in [1.54, 1.807) is 11.8 Å². The molecule has 0 radical (unpaired) electrons. The molecule has 2 aliphatic rings. The monoisotopic (exact) mass is 254 g/mol. The number of piperazine rings is 1. The Labute approximate surface area is 108 Å². The number of amides is 2. The summed E-state index contributed by atoms with van der Waals surface area (Å²) in [4.78, 5) is 25.7. The van der Waals surface area contributed by atoms with Gasteiger partial charge in [-0.1, -0.05) is 6.92 Å². The molecule has 18 heavy (non-hydrogen) atoms. The van der Waals surface area contributed by atoms with Crippen molar-refractivity contribution in [1.82, 2.24) is 10.2 Å². The molecule has 1 N–H and O–H groups in total. The van der Waals surface area contributed by atoms with E-state index in [1.807, 2.05) is 6.92 Å². The van der Waals surface area contributed by atoms with E-state index in [4.69, 9.17) is 4.74 Å². The first-order valence-electron chi connectivity index (χ1n) is 6.86. The van der Waals surface area contributed by atoms with Crippen molar-refractivity contribution in [1.29, 1.82) is 0 Å². The maximum atomic E-state index is 12.1. The summed E-state index contributed by atoms with van der Waals surface area (Å²) in [6, 6.07) is -0.708. The fourth-order valence-electron chi connectivity index (χ4n) is 2.74. The number of nitrogens with one attached hydrogen (secondary N) is 1. The van der Waals surface area contributed by atoms with Crippen LogP contribution in [0.1, 0.15) is 39.5 Å². The lowest BCUT2D eigenvalue weighted by Gasteiger charge is -2.38. The van der Waals surface area contributed by atoms with Crippen LogP contribution in [0, 0.1) is 0 Å². The predicted octanol–water partition coefficient (Wildman–Crippen LogP) is 0.681. The molecule has 2 saturated heterocycles. The highest BCUT2D eigenvalue weighted by molar-refractivity contribution is 5.96. The lowest BCUT2D eigenvalue weighted by Crippen LogP contribution is -2.62. The molecular weight excluding hydrogens is 232 g/mol. The highest BCUT2D eigenvalue weighted by Crippen LogP contribution is 2.19. The summed E-state index contributed by atoms with van der Waals surface area (Å²) in [5, 5.41) is 2.73. The van der Waals surface area contributed by atoms with E-state index in [0.717, 1.165) is 25.9 Å². The summed E-state index contributed by atoms with van der Waals surface area (Å²) in [6.07, 6.45) is 3.93. The van der Waals surface area contributed by atoms with Crippen LogP contribution >= 0.6 is 0 Å². The van der Waals surface area contributed by atoms with E-state index in [1.165, 1.54) is 0 Å². The van der Waals surface area contributed by atoms with E-state index >= 15 is 0 Å². The fraction of sp³-hybridized carbons (Fsp3) is 0.846. The SMILES string of the molecule is CCC1C(=O)NC(C)C(=O)N1CCC1CCCO1. The number of carbonyl (C=O) groups is 2. The van der Waals surface area contributed by atoms with Crippen molar-refractivity contribution in [3.8, 4) is 0 Å². The van der Waals surface area contributed by atoms with Crippen molar-refractivity contribution < 1.29 is 14.3 Å². The molecular formula is C13H22N2O3. The average Bonchev–Trinajstić information content (AvgIpc) is 2.85. The molecule has 3 atom stereocenters. The summed E-state index contributed by atoms with van der Waals surface area (Å²) in [6.45, 7) is 5.13. The topological polar surface area (TPSA) is 58.6 Å². The molecule has 2 rings (SSSR count). The van der Waals surface area contributed by atoms with Crippen molar-refractivity contribution in [2.75, 3.05) is 13.2 Å². The molecule has 5 heteroatoms. The minimum atomic E-state index is -0.398. The molecule has 0 aromatic heterocycles. The van der Waals surface area contributed by atoms with Crippen molar-refractivity contribution in [3.05, 3.63) is 0 Å². The van der Waals surface area contributed by atoms with Crippen LogP contribution in [0.25, 0.3) is 0 Å². The molecule has 2 fully saturated rings. The van der Waals surface area contributed by atoms with Crippen LogP contribution in [-0.2, 0) is 14.3 Å². The normalized spacial score (nSPS) is 32.8. The number of nitrogens with zero attached hydrogens (tertiary/aromatic N) is 1. The molecule has 2 heterocycles. The van der Waals surface area contributed by atoms with Gasteiger partial charge in [0, 0.05) is 13.2 Å². The predicted molar refractivity (Wildman–Crippen MR) is 67.0 cm³/mol. The van der Waals surface area contributed by atoms with Crippen molar-refractivity contribution in [3.63, 3.8) is 0 Å². The van der Waals surface area contributed by atoms with Crippen molar-refractivity contribution in [2.45, 2.75) is 57.7 Å². The Bertz CT molecular complexity index is 326. The third-order valence-corrected chi connectivity index (χ3v) is 3.79. The molecule has 0 aromatic carbocycles. The zero-order valence-corrected chi connectivity index (χ0v) is 11.1. The van der Waals surface area contributed by atoms with Gasteiger partial charge >= 0.3 is 0 Å². The molecule has 3 unspecified atom stereocenters. The van der Waals surface area contributed by atoms with Gasteiger partial charge < -0.3 is 15.0 Å². The number of carbonyl (C=O) groups excluding carboxylic acids is 2. The maximum Gasteiger partial charge on any atom is 0.245 e. The molecule has 0 spiro atoms. The van der Waals surface area contributed by atoms with Gasteiger partial charge in [-0.25, -0.2) is 0 Å².